The summed E-state index contributed by atoms with van der Waals surface area (Å²) in [6.45, 7) is 2.68. The summed E-state index contributed by atoms with van der Waals surface area (Å²) in [5, 5.41) is 3.20. The number of nitrogens with two attached hydrogens (primary N) is 1. The van der Waals surface area contributed by atoms with Gasteiger partial charge in [-0.25, -0.2) is 8.78 Å². The Hall–Kier alpha value is -0.710. The minimum atomic E-state index is -0.507. The van der Waals surface area contributed by atoms with E-state index < -0.39 is 11.6 Å². The molecule has 1 aromatic rings. The highest BCUT2D eigenvalue weighted by Crippen LogP contribution is 2.39. The molecule has 2 rings (SSSR count). The summed E-state index contributed by atoms with van der Waals surface area (Å²) < 4.78 is 26.9. The van der Waals surface area contributed by atoms with Crippen LogP contribution in [0, 0.1) is 17.6 Å². The number of nitrogens with one attached hydrogen (secondary N) is 1. The summed E-state index contributed by atoms with van der Waals surface area (Å²) in [6.07, 6.45) is 2.28. The quantitative estimate of drug-likeness (QED) is 0.868. The van der Waals surface area contributed by atoms with E-state index >= 15 is 0 Å². The van der Waals surface area contributed by atoms with Crippen LogP contribution in [0.5, 0.6) is 0 Å². The van der Waals surface area contributed by atoms with E-state index in [-0.39, 0.29) is 30.1 Å². The molecule has 1 aliphatic carbocycles. The summed E-state index contributed by atoms with van der Waals surface area (Å²) in [5.74, 6) is -0.484. The van der Waals surface area contributed by atoms with Crippen LogP contribution in [0.4, 0.5) is 8.78 Å². The van der Waals surface area contributed by atoms with E-state index in [1.54, 1.807) is 0 Å². The van der Waals surface area contributed by atoms with Crippen LogP contribution >= 0.6 is 12.4 Å². The molecule has 1 unspecified atom stereocenters. The highest BCUT2D eigenvalue weighted by atomic mass is 35.5. The molecule has 1 atom stereocenters. The van der Waals surface area contributed by atoms with E-state index in [0.29, 0.717) is 12.5 Å². The zero-order valence-corrected chi connectivity index (χ0v) is 11.2. The summed E-state index contributed by atoms with van der Waals surface area (Å²) in [5.41, 5.74) is 5.62. The molecule has 1 saturated carbocycles. The van der Waals surface area contributed by atoms with Crippen LogP contribution in [0.25, 0.3) is 0 Å². The van der Waals surface area contributed by atoms with Crippen LogP contribution in [0.3, 0.4) is 0 Å². The SMILES string of the molecule is CC(CN)(NCc1c(F)cccc1F)C1CC1.Cl. The Labute approximate surface area is 112 Å². The molecule has 0 aromatic heterocycles. The summed E-state index contributed by atoms with van der Waals surface area (Å²) in [7, 11) is 0. The number of benzene rings is 1. The fourth-order valence-corrected chi connectivity index (χ4v) is 2.10. The van der Waals surface area contributed by atoms with Gasteiger partial charge >= 0.3 is 0 Å². The fourth-order valence-electron chi connectivity index (χ4n) is 2.10. The van der Waals surface area contributed by atoms with Crippen molar-refractivity contribution in [3.8, 4) is 0 Å². The molecule has 0 aliphatic heterocycles. The van der Waals surface area contributed by atoms with Crippen LogP contribution in [0.1, 0.15) is 25.3 Å². The van der Waals surface area contributed by atoms with Gasteiger partial charge in [0, 0.05) is 24.2 Å². The summed E-state index contributed by atoms with van der Waals surface area (Å²) in [6, 6.07) is 3.92. The highest BCUT2D eigenvalue weighted by Gasteiger charge is 2.40. The van der Waals surface area contributed by atoms with E-state index in [1.165, 1.54) is 18.2 Å². The monoisotopic (exact) mass is 276 g/mol. The van der Waals surface area contributed by atoms with Crippen molar-refractivity contribution in [1.82, 2.24) is 5.32 Å². The predicted octanol–water partition coefficient (Wildman–Crippen LogP) is 2.60. The molecular weight excluding hydrogens is 258 g/mol. The van der Waals surface area contributed by atoms with Crippen LogP contribution in [0.2, 0.25) is 0 Å². The third kappa shape index (κ3) is 3.19. The molecule has 1 fully saturated rings. The van der Waals surface area contributed by atoms with Crippen LogP contribution in [-0.4, -0.2) is 12.1 Å². The Kier molecular flexibility index (Phi) is 5.08. The molecule has 0 saturated heterocycles. The van der Waals surface area contributed by atoms with Crippen molar-refractivity contribution >= 4 is 12.4 Å². The number of rotatable bonds is 5. The van der Waals surface area contributed by atoms with Crippen LogP contribution in [-0.2, 0) is 6.54 Å². The first-order chi connectivity index (χ1) is 8.07. The van der Waals surface area contributed by atoms with E-state index in [9.17, 15) is 8.78 Å². The average Bonchev–Trinajstić information content (AvgIpc) is 3.12. The number of hydrogen-bond acceptors (Lipinski definition) is 2. The van der Waals surface area contributed by atoms with Crippen molar-refractivity contribution in [3.63, 3.8) is 0 Å². The Morgan fingerprint density at radius 2 is 1.89 bits per heavy atom. The molecule has 3 N–H and O–H groups in total. The Morgan fingerprint density at radius 1 is 1.33 bits per heavy atom. The zero-order valence-electron chi connectivity index (χ0n) is 10.4. The largest absolute Gasteiger partial charge is 0.329 e. The van der Waals surface area contributed by atoms with Crippen LogP contribution in [0.15, 0.2) is 18.2 Å². The van der Waals surface area contributed by atoms with Crippen LogP contribution < -0.4 is 11.1 Å². The van der Waals surface area contributed by atoms with E-state index in [1.807, 2.05) is 6.92 Å². The first kappa shape index (κ1) is 15.3. The average molecular weight is 277 g/mol. The predicted molar refractivity (Wildman–Crippen MR) is 70.6 cm³/mol. The highest BCUT2D eigenvalue weighted by molar-refractivity contribution is 5.85. The maximum atomic E-state index is 13.4. The van der Waals surface area contributed by atoms with Gasteiger partial charge in [0.1, 0.15) is 11.6 Å². The molecule has 0 heterocycles. The molecule has 1 aliphatic rings. The minimum Gasteiger partial charge on any atom is -0.329 e. The summed E-state index contributed by atoms with van der Waals surface area (Å²) >= 11 is 0. The van der Waals surface area contributed by atoms with Gasteiger partial charge in [-0.15, -0.1) is 12.4 Å². The topological polar surface area (TPSA) is 38.0 Å². The normalized spacial score (nSPS) is 18.0. The van der Waals surface area contributed by atoms with Crippen molar-refractivity contribution in [2.45, 2.75) is 31.8 Å². The second-order valence-corrected chi connectivity index (χ2v) is 4.95. The molecule has 0 amide bonds. The molecule has 18 heavy (non-hydrogen) atoms. The van der Waals surface area contributed by atoms with Crippen molar-refractivity contribution < 1.29 is 8.78 Å². The van der Waals surface area contributed by atoms with E-state index in [2.05, 4.69) is 5.32 Å². The standard InChI is InChI=1S/C13H18F2N2.ClH/c1-13(8-16,9-5-6-9)17-7-10-11(14)3-2-4-12(10)15;/h2-4,9,17H,5-8,16H2,1H3;1H. The minimum absolute atomic E-state index is 0. The fraction of sp³-hybridized carbons (Fsp3) is 0.538. The molecule has 5 heteroatoms. The zero-order chi connectivity index (χ0) is 12.5. The van der Waals surface area contributed by atoms with Crippen molar-refractivity contribution in [2.75, 3.05) is 6.54 Å². The van der Waals surface area contributed by atoms with Gasteiger partial charge in [0.2, 0.25) is 0 Å². The third-order valence-corrected chi connectivity index (χ3v) is 3.63. The number of hydrogen-bond donors (Lipinski definition) is 2. The number of halogens is 3. The van der Waals surface area contributed by atoms with Crippen molar-refractivity contribution in [2.24, 2.45) is 11.7 Å². The van der Waals surface area contributed by atoms with Gasteiger partial charge in [-0.3, -0.25) is 0 Å². The van der Waals surface area contributed by atoms with Gasteiger partial charge in [-0.05, 0) is 37.8 Å². The lowest BCUT2D eigenvalue weighted by molar-refractivity contribution is 0.312. The Morgan fingerprint density at radius 3 is 2.33 bits per heavy atom. The lowest BCUT2D eigenvalue weighted by Crippen LogP contribution is -2.50. The van der Waals surface area contributed by atoms with Gasteiger partial charge in [-0.2, -0.15) is 0 Å². The van der Waals surface area contributed by atoms with Gasteiger partial charge in [0.05, 0.1) is 0 Å². The van der Waals surface area contributed by atoms with Gasteiger partial charge in [0.25, 0.3) is 0 Å². The molecule has 0 bridgehead atoms. The van der Waals surface area contributed by atoms with E-state index in [0.717, 1.165) is 12.8 Å². The van der Waals surface area contributed by atoms with Crippen molar-refractivity contribution in [1.29, 1.82) is 0 Å². The Balaban J connectivity index is 0.00000162. The van der Waals surface area contributed by atoms with E-state index in [4.69, 9.17) is 5.73 Å². The van der Waals surface area contributed by atoms with Gasteiger partial charge < -0.3 is 11.1 Å². The molecule has 0 spiro atoms. The van der Waals surface area contributed by atoms with Gasteiger partial charge in [0.15, 0.2) is 0 Å². The molecular formula is C13H19ClF2N2. The maximum Gasteiger partial charge on any atom is 0.130 e. The first-order valence-electron chi connectivity index (χ1n) is 5.95. The molecule has 102 valence electrons. The second kappa shape index (κ2) is 5.95. The lowest BCUT2D eigenvalue weighted by Gasteiger charge is -2.29. The van der Waals surface area contributed by atoms with Gasteiger partial charge in [-0.1, -0.05) is 6.07 Å². The lowest BCUT2D eigenvalue weighted by atomic mass is 9.95. The molecule has 0 radical (unpaired) electrons. The smallest absolute Gasteiger partial charge is 0.130 e. The molecule has 1 aromatic carbocycles. The molecule has 2 nitrogen and oxygen atoms in total. The third-order valence-electron chi connectivity index (χ3n) is 3.63. The Bertz CT molecular complexity index is 390. The first-order valence-corrected chi connectivity index (χ1v) is 5.95. The second-order valence-electron chi connectivity index (χ2n) is 4.95. The maximum absolute atomic E-state index is 13.4. The summed E-state index contributed by atoms with van der Waals surface area (Å²) in [4.78, 5) is 0. The van der Waals surface area contributed by atoms with Crippen molar-refractivity contribution in [3.05, 3.63) is 35.4 Å².